The van der Waals surface area contributed by atoms with Crippen LogP contribution in [0.25, 0.3) is 11.4 Å². The van der Waals surface area contributed by atoms with Gasteiger partial charge >= 0.3 is 0 Å². The normalized spacial score (nSPS) is 10.5. The van der Waals surface area contributed by atoms with Crippen LogP contribution in [0.3, 0.4) is 0 Å². The van der Waals surface area contributed by atoms with E-state index in [0.717, 1.165) is 30.5 Å². The maximum Gasteiger partial charge on any atom is 0.161 e. The van der Waals surface area contributed by atoms with Gasteiger partial charge < -0.3 is 0 Å². The predicted octanol–water partition coefficient (Wildman–Crippen LogP) is 4.14. The molecule has 1 aromatic heterocycles. The molecule has 0 saturated heterocycles. The third-order valence-electron chi connectivity index (χ3n) is 2.57. The van der Waals surface area contributed by atoms with Gasteiger partial charge in [-0.3, -0.25) is 0 Å². The summed E-state index contributed by atoms with van der Waals surface area (Å²) in [5.41, 5.74) is 2.03. The van der Waals surface area contributed by atoms with Gasteiger partial charge in [-0.1, -0.05) is 55.3 Å². The molecule has 0 N–H and O–H groups in total. The fourth-order valence-corrected chi connectivity index (χ4v) is 1.87. The maximum absolute atomic E-state index is 6.03. The Bertz CT molecular complexity index is 483. The van der Waals surface area contributed by atoms with Crippen LogP contribution in [0.1, 0.15) is 25.5 Å². The van der Waals surface area contributed by atoms with Crippen molar-refractivity contribution in [3.8, 4) is 11.4 Å². The van der Waals surface area contributed by atoms with E-state index in [1.54, 1.807) is 0 Å². The summed E-state index contributed by atoms with van der Waals surface area (Å²) in [5.74, 6) is 0.712. The molecule has 0 aliphatic carbocycles. The van der Waals surface area contributed by atoms with Gasteiger partial charge in [-0.15, -0.1) is 0 Å². The number of aromatic nitrogens is 2. The van der Waals surface area contributed by atoms with Gasteiger partial charge in [0, 0.05) is 11.3 Å². The number of hydrogen-bond acceptors (Lipinski definition) is 2. The molecule has 0 radical (unpaired) electrons. The molecule has 1 aromatic carbocycles. The third-order valence-corrected chi connectivity index (χ3v) is 2.76. The van der Waals surface area contributed by atoms with Crippen molar-refractivity contribution < 1.29 is 0 Å². The van der Waals surface area contributed by atoms with Crippen LogP contribution in [0, 0.1) is 0 Å². The van der Waals surface area contributed by atoms with Crippen molar-refractivity contribution in [1.29, 1.82) is 0 Å². The topological polar surface area (TPSA) is 25.8 Å². The van der Waals surface area contributed by atoms with E-state index in [4.69, 9.17) is 11.6 Å². The van der Waals surface area contributed by atoms with Gasteiger partial charge in [0.2, 0.25) is 0 Å². The van der Waals surface area contributed by atoms with Crippen molar-refractivity contribution in [2.24, 2.45) is 0 Å². The van der Waals surface area contributed by atoms with E-state index >= 15 is 0 Å². The highest BCUT2D eigenvalue weighted by Gasteiger charge is 2.05. The number of rotatable bonds is 4. The lowest BCUT2D eigenvalue weighted by atomic mass is 10.2. The van der Waals surface area contributed by atoms with Crippen molar-refractivity contribution in [3.63, 3.8) is 0 Å². The van der Waals surface area contributed by atoms with E-state index < -0.39 is 0 Å². The standard InChI is InChI=1S/C14H15ClN2/c1-2-3-9-12-10-13(15)17-14(16-12)11-7-5-4-6-8-11/h4-8,10H,2-3,9H2,1H3. The highest BCUT2D eigenvalue weighted by Crippen LogP contribution is 2.18. The summed E-state index contributed by atoms with van der Waals surface area (Å²) in [6.07, 6.45) is 3.24. The Hall–Kier alpha value is -1.41. The Morgan fingerprint density at radius 1 is 1.12 bits per heavy atom. The highest BCUT2D eigenvalue weighted by molar-refractivity contribution is 6.29. The molecule has 2 aromatic rings. The summed E-state index contributed by atoms with van der Waals surface area (Å²) in [7, 11) is 0. The lowest BCUT2D eigenvalue weighted by molar-refractivity contribution is 0.774. The quantitative estimate of drug-likeness (QED) is 0.758. The van der Waals surface area contributed by atoms with Crippen LogP contribution in [-0.4, -0.2) is 9.97 Å². The highest BCUT2D eigenvalue weighted by atomic mass is 35.5. The first kappa shape index (κ1) is 12.1. The molecular formula is C14H15ClN2. The monoisotopic (exact) mass is 246 g/mol. The first-order chi connectivity index (χ1) is 8.29. The van der Waals surface area contributed by atoms with Crippen molar-refractivity contribution >= 4 is 11.6 Å². The zero-order chi connectivity index (χ0) is 12.1. The zero-order valence-electron chi connectivity index (χ0n) is 9.86. The molecule has 2 nitrogen and oxygen atoms in total. The Morgan fingerprint density at radius 3 is 2.59 bits per heavy atom. The molecule has 0 aliphatic rings. The van der Waals surface area contributed by atoms with E-state index in [2.05, 4.69) is 16.9 Å². The molecule has 1 heterocycles. The second-order valence-electron chi connectivity index (χ2n) is 3.98. The molecule has 0 amide bonds. The van der Waals surface area contributed by atoms with Gasteiger partial charge in [-0.05, 0) is 18.9 Å². The molecule has 0 saturated carbocycles. The van der Waals surface area contributed by atoms with Crippen LogP contribution in [0.15, 0.2) is 36.4 Å². The summed E-state index contributed by atoms with van der Waals surface area (Å²) in [5, 5.41) is 0.518. The van der Waals surface area contributed by atoms with Gasteiger partial charge in [-0.25, -0.2) is 9.97 Å². The largest absolute Gasteiger partial charge is 0.233 e. The third kappa shape index (κ3) is 3.27. The number of benzene rings is 1. The van der Waals surface area contributed by atoms with Crippen molar-refractivity contribution in [1.82, 2.24) is 9.97 Å². The van der Waals surface area contributed by atoms with Gasteiger partial charge in [0.25, 0.3) is 0 Å². The van der Waals surface area contributed by atoms with E-state index in [1.165, 1.54) is 0 Å². The van der Waals surface area contributed by atoms with Crippen LogP contribution in [-0.2, 0) is 6.42 Å². The van der Waals surface area contributed by atoms with E-state index in [9.17, 15) is 0 Å². The van der Waals surface area contributed by atoms with E-state index in [-0.39, 0.29) is 0 Å². The van der Waals surface area contributed by atoms with Crippen molar-refractivity contribution in [2.45, 2.75) is 26.2 Å². The molecule has 0 fully saturated rings. The number of unbranched alkanes of at least 4 members (excludes halogenated alkanes) is 1. The average molecular weight is 247 g/mol. The van der Waals surface area contributed by atoms with Gasteiger partial charge in [0.05, 0.1) is 0 Å². The smallest absolute Gasteiger partial charge is 0.161 e. The van der Waals surface area contributed by atoms with Gasteiger partial charge in [0.15, 0.2) is 5.82 Å². The molecule has 88 valence electrons. The van der Waals surface area contributed by atoms with Crippen molar-refractivity contribution in [2.75, 3.05) is 0 Å². The zero-order valence-corrected chi connectivity index (χ0v) is 10.6. The molecule has 2 rings (SSSR count). The van der Waals surface area contributed by atoms with Gasteiger partial charge in [-0.2, -0.15) is 0 Å². The average Bonchev–Trinajstić information content (AvgIpc) is 2.37. The minimum Gasteiger partial charge on any atom is -0.233 e. The molecule has 0 bridgehead atoms. The number of nitrogens with zero attached hydrogens (tertiary/aromatic N) is 2. The molecule has 0 unspecified atom stereocenters. The first-order valence-corrected chi connectivity index (χ1v) is 6.26. The minimum atomic E-state index is 0.518. The molecule has 0 atom stereocenters. The van der Waals surface area contributed by atoms with Crippen LogP contribution in [0.2, 0.25) is 5.15 Å². The molecular weight excluding hydrogens is 232 g/mol. The minimum absolute atomic E-state index is 0.518. The van der Waals surface area contributed by atoms with Crippen LogP contribution in [0.4, 0.5) is 0 Å². The van der Waals surface area contributed by atoms with Crippen LogP contribution >= 0.6 is 11.6 Å². The lowest BCUT2D eigenvalue weighted by Crippen LogP contribution is -1.96. The number of halogens is 1. The summed E-state index contributed by atoms with van der Waals surface area (Å²) >= 11 is 6.03. The summed E-state index contributed by atoms with van der Waals surface area (Å²) < 4.78 is 0. The SMILES string of the molecule is CCCCc1cc(Cl)nc(-c2ccccc2)n1. The number of aryl methyl sites for hydroxylation is 1. The van der Waals surface area contributed by atoms with Gasteiger partial charge in [0.1, 0.15) is 5.15 Å². The molecule has 3 heteroatoms. The Kier molecular flexibility index (Phi) is 4.10. The fraction of sp³-hybridized carbons (Fsp3) is 0.286. The second-order valence-corrected chi connectivity index (χ2v) is 4.36. The second kappa shape index (κ2) is 5.78. The van der Waals surface area contributed by atoms with Crippen LogP contribution < -0.4 is 0 Å². The van der Waals surface area contributed by atoms with E-state index in [0.29, 0.717) is 11.0 Å². The molecule has 0 aliphatic heterocycles. The Labute approximate surface area is 107 Å². The van der Waals surface area contributed by atoms with Crippen molar-refractivity contribution in [3.05, 3.63) is 47.2 Å². The Morgan fingerprint density at radius 2 is 1.88 bits per heavy atom. The summed E-state index contributed by atoms with van der Waals surface area (Å²) in [6, 6.07) is 11.8. The summed E-state index contributed by atoms with van der Waals surface area (Å²) in [4.78, 5) is 8.81. The summed E-state index contributed by atoms with van der Waals surface area (Å²) in [6.45, 7) is 2.17. The first-order valence-electron chi connectivity index (χ1n) is 5.88. The van der Waals surface area contributed by atoms with E-state index in [1.807, 2.05) is 36.4 Å². The van der Waals surface area contributed by atoms with Crippen LogP contribution in [0.5, 0.6) is 0 Å². The Balaban J connectivity index is 2.32. The lowest BCUT2D eigenvalue weighted by Gasteiger charge is -2.04. The molecule has 17 heavy (non-hydrogen) atoms. The predicted molar refractivity (Wildman–Crippen MR) is 71.1 cm³/mol. The number of hydrogen-bond donors (Lipinski definition) is 0. The fourth-order valence-electron chi connectivity index (χ4n) is 1.67. The maximum atomic E-state index is 6.03. The molecule has 0 spiro atoms.